The van der Waals surface area contributed by atoms with E-state index in [4.69, 9.17) is 9.15 Å². The average molecular weight is 352 g/mol. The van der Waals surface area contributed by atoms with Gasteiger partial charge in [0, 0.05) is 19.2 Å². The van der Waals surface area contributed by atoms with Crippen LogP contribution in [0.3, 0.4) is 0 Å². The maximum Gasteiger partial charge on any atom is 0.340 e. The van der Waals surface area contributed by atoms with Gasteiger partial charge in [0.15, 0.2) is 5.76 Å². The molecular formula is C17H24N2O6. The van der Waals surface area contributed by atoms with Crippen molar-refractivity contribution in [2.24, 2.45) is 5.92 Å². The van der Waals surface area contributed by atoms with Crippen molar-refractivity contribution in [3.63, 3.8) is 0 Å². The lowest BCUT2D eigenvalue weighted by atomic mass is 9.94. The molecule has 0 aliphatic carbocycles. The first-order valence-electron chi connectivity index (χ1n) is 8.24. The summed E-state index contributed by atoms with van der Waals surface area (Å²) in [4.78, 5) is 35.7. The first-order valence-corrected chi connectivity index (χ1v) is 8.24. The minimum Gasteiger partial charge on any atom is -0.508 e. The van der Waals surface area contributed by atoms with Crippen LogP contribution in [-0.2, 0) is 9.53 Å². The van der Waals surface area contributed by atoms with Gasteiger partial charge in [0.25, 0.3) is 5.91 Å². The summed E-state index contributed by atoms with van der Waals surface area (Å²) in [5.74, 6) is -1.61. The van der Waals surface area contributed by atoms with Gasteiger partial charge in [-0.25, -0.2) is 4.79 Å². The van der Waals surface area contributed by atoms with Gasteiger partial charge in [-0.2, -0.15) is 0 Å². The van der Waals surface area contributed by atoms with Crippen LogP contribution in [0.1, 0.15) is 44.2 Å². The molecule has 3 N–H and O–H groups in total. The van der Waals surface area contributed by atoms with Gasteiger partial charge in [-0.15, -0.1) is 0 Å². The summed E-state index contributed by atoms with van der Waals surface area (Å²) in [7, 11) is 0. The molecule has 2 amide bonds. The van der Waals surface area contributed by atoms with Crippen molar-refractivity contribution in [2.45, 2.75) is 45.3 Å². The standard InChI is InChI=1S/C17H24N2O6/c1-10-12(5-4-6-24-10)15(22)18-9-17(2,3)19-16(23)13-7-11(20)8-14(21)25-13/h7-8,10,12,20H,4-6,9H2,1-3H3,(H,18,22)(H,19,23). The monoisotopic (exact) mass is 352 g/mol. The Morgan fingerprint density at radius 3 is 2.72 bits per heavy atom. The lowest BCUT2D eigenvalue weighted by molar-refractivity contribution is -0.133. The number of ether oxygens (including phenoxy) is 1. The number of carbonyl (C=O) groups is 2. The van der Waals surface area contributed by atoms with Gasteiger partial charge in [0.2, 0.25) is 5.91 Å². The molecule has 0 bridgehead atoms. The second kappa shape index (κ2) is 7.69. The first-order chi connectivity index (χ1) is 11.7. The summed E-state index contributed by atoms with van der Waals surface area (Å²) >= 11 is 0. The molecule has 2 rings (SSSR count). The Labute approximate surface area is 145 Å². The molecule has 1 aliphatic heterocycles. The molecule has 0 aromatic carbocycles. The summed E-state index contributed by atoms with van der Waals surface area (Å²) in [6.07, 6.45) is 1.49. The van der Waals surface area contributed by atoms with Crippen LogP contribution in [0.15, 0.2) is 21.3 Å². The molecule has 2 unspecified atom stereocenters. The van der Waals surface area contributed by atoms with Crippen LogP contribution in [0.2, 0.25) is 0 Å². The highest BCUT2D eigenvalue weighted by Gasteiger charge is 2.30. The topological polar surface area (TPSA) is 118 Å². The summed E-state index contributed by atoms with van der Waals surface area (Å²) in [5, 5.41) is 14.9. The lowest BCUT2D eigenvalue weighted by Gasteiger charge is -2.31. The van der Waals surface area contributed by atoms with Gasteiger partial charge in [-0.1, -0.05) is 0 Å². The zero-order valence-electron chi connectivity index (χ0n) is 14.6. The van der Waals surface area contributed by atoms with Crippen LogP contribution < -0.4 is 16.3 Å². The zero-order chi connectivity index (χ0) is 18.6. The Kier molecular flexibility index (Phi) is 5.84. The van der Waals surface area contributed by atoms with Gasteiger partial charge in [-0.05, 0) is 33.6 Å². The number of carbonyl (C=O) groups excluding carboxylic acids is 2. The van der Waals surface area contributed by atoms with Crippen LogP contribution in [0.4, 0.5) is 0 Å². The fraction of sp³-hybridized carbons (Fsp3) is 0.588. The van der Waals surface area contributed by atoms with Crippen molar-refractivity contribution in [1.29, 1.82) is 0 Å². The van der Waals surface area contributed by atoms with E-state index in [0.717, 1.165) is 25.0 Å². The fourth-order valence-corrected chi connectivity index (χ4v) is 2.70. The summed E-state index contributed by atoms with van der Waals surface area (Å²) < 4.78 is 10.3. The second-order valence-electron chi connectivity index (χ2n) is 6.88. The van der Waals surface area contributed by atoms with E-state index in [1.165, 1.54) is 0 Å². The fourth-order valence-electron chi connectivity index (χ4n) is 2.70. The summed E-state index contributed by atoms with van der Waals surface area (Å²) in [6, 6.07) is 1.93. The largest absolute Gasteiger partial charge is 0.508 e. The molecule has 0 spiro atoms. The van der Waals surface area contributed by atoms with E-state index in [1.807, 2.05) is 6.92 Å². The van der Waals surface area contributed by atoms with Crippen molar-refractivity contribution in [2.75, 3.05) is 13.2 Å². The highest BCUT2D eigenvalue weighted by atomic mass is 16.5. The van der Waals surface area contributed by atoms with Crippen LogP contribution in [0, 0.1) is 5.92 Å². The predicted octanol–water partition coefficient (Wildman–Crippen LogP) is 0.785. The van der Waals surface area contributed by atoms with E-state index < -0.39 is 17.1 Å². The number of aromatic hydroxyl groups is 1. The Bertz CT molecular complexity index is 697. The van der Waals surface area contributed by atoms with E-state index in [2.05, 4.69) is 10.6 Å². The molecule has 25 heavy (non-hydrogen) atoms. The molecule has 2 atom stereocenters. The van der Waals surface area contributed by atoms with Crippen LogP contribution >= 0.6 is 0 Å². The molecule has 0 saturated carbocycles. The Hall–Kier alpha value is -2.35. The lowest BCUT2D eigenvalue weighted by Crippen LogP contribution is -2.53. The minimum atomic E-state index is -0.817. The minimum absolute atomic E-state index is 0.113. The zero-order valence-corrected chi connectivity index (χ0v) is 14.6. The van der Waals surface area contributed by atoms with Crippen molar-refractivity contribution in [1.82, 2.24) is 10.6 Å². The van der Waals surface area contributed by atoms with E-state index in [9.17, 15) is 19.5 Å². The number of rotatable bonds is 5. The first kappa shape index (κ1) is 19.0. The normalized spacial score (nSPS) is 20.8. The highest BCUT2D eigenvalue weighted by Crippen LogP contribution is 2.20. The van der Waals surface area contributed by atoms with E-state index in [-0.39, 0.29) is 36.0 Å². The van der Waals surface area contributed by atoms with E-state index in [1.54, 1.807) is 13.8 Å². The predicted molar refractivity (Wildman–Crippen MR) is 89.3 cm³/mol. The van der Waals surface area contributed by atoms with Gasteiger partial charge in [0.05, 0.1) is 23.6 Å². The molecule has 0 radical (unpaired) electrons. The third-order valence-electron chi connectivity index (χ3n) is 4.08. The van der Waals surface area contributed by atoms with Crippen molar-refractivity contribution in [3.8, 4) is 5.75 Å². The number of hydrogen-bond donors (Lipinski definition) is 3. The van der Waals surface area contributed by atoms with Crippen molar-refractivity contribution in [3.05, 3.63) is 28.3 Å². The summed E-state index contributed by atoms with van der Waals surface area (Å²) in [5.41, 5.74) is -1.60. The quantitative estimate of drug-likeness (QED) is 0.721. The smallest absolute Gasteiger partial charge is 0.340 e. The van der Waals surface area contributed by atoms with E-state index in [0.29, 0.717) is 6.61 Å². The Morgan fingerprint density at radius 2 is 2.08 bits per heavy atom. The molecule has 1 aromatic rings. The average Bonchev–Trinajstić information content (AvgIpc) is 2.52. The highest BCUT2D eigenvalue weighted by molar-refractivity contribution is 5.92. The third-order valence-corrected chi connectivity index (χ3v) is 4.08. The Morgan fingerprint density at radius 1 is 1.36 bits per heavy atom. The molecule has 2 heterocycles. The molecule has 1 fully saturated rings. The molecule has 8 heteroatoms. The van der Waals surface area contributed by atoms with Gasteiger partial charge < -0.3 is 24.9 Å². The molecule has 1 aliphatic rings. The second-order valence-corrected chi connectivity index (χ2v) is 6.88. The van der Waals surface area contributed by atoms with Crippen LogP contribution in [0.5, 0.6) is 5.75 Å². The van der Waals surface area contributed by atoms with Gasteiger partial charge >= 0.3 is 5.63 Å². The van der Waals surface area contributed by atoms with Gasteiger partial charge in [-0.3, -0.25) is 9.59 Å². The Balaban J connectivity index is 1.93. The van der Waals surface area contributed by atoms with E-state index >= 15 is 0 Å². The SMILES string of the molecule is CC1OCCCC1C(=O)NCC(C)(C)NC(=O)c1cc(O)cc(=O)o1. The maximum absolute atomic E-state index is 12.3. The molecule has 1 aromatic heterocycles. The van der Waals surface area contributed by atoms with Crippen LogP contribution in [0.25, 0.3) is 0 Å². The number of hydrogen-bond acceptors (Lipinski definition) is 6. The third kappa shape index (κ3) is 5.32. The number of amides is 2. The molecule has 1 saturated heterocycles. The molecule has 138 valence electrons. The summed E-state index contributed by atoms with van der Waals surface area (Å²) in [6.45, 7) is 6.20. The molecule has 8 nitrogen and oxygen atoms in total. The maximum atomic E-state index is 12.3. The number of nitrogens with one attached hydrogen (secondary N) is 2. The van der Waals surface area contributed by atoms with Crippen molar-refractivity contribution >= 4 is 11.8 Å². The van der Waals surface area contributed by atoms with Crippen LogP contribution in [-0.4, -0.2) is 41.7 Å². The van der Waals surface area contributed by atoms with Crippen molar-refractivity contribution < 1.29 is 23.8 Å². The molecular weight excluding hydrogens is 328 g/mol. The van der Waals surface area contributed by atoms with Gasteiger partial charge in [0.1, 0.15) is 5.75 Å².